The maximum Gasteiger partial charge on any atom is 0.265 e. The van der Waals surface area contributed by atoms with Gasteiger partial charge in [-0.3, -0.25) is 14.7 Å². The Bertz CT molecular complexity index is 731. The molecule has 2 fully saturated rings. The zero-order valence-electron chi connectivity index (χ0n) is 14.6. The Morgan fingerprint density at radius 2 is 1.92 bits per heavy atom. The molecule has 2 aromatic rings. The normalized spacial score (nSPS) is 19.5. The molecule has 0 unspecified atom stereocenters. The van der Waals surface area contributed by atoms with E-state index in [1.165, 1.54) is 37.0 Å². The summed E-state index contributed by atoms with van der Waals surface area (Å²) >= 11 is 1.46. The summed E-state index contributed by atoms with van der Waals surface area (Å²) < 4.78 is 0. The van der Waals surface area contributed by atoms with Crippen LogP contribution in [-0.4, -0.2) is 57.9 Å². The predicted octanol–water partition coefficient (Wildman–Crippen LogP) is 3.21. The van der Waals surface area contributed by atoms with Crippen LogP contribution >= 0.6 is 11.3 Å². The molecule has 1 aliphatic heterocycles. The fourth-order valence-corrected chi connectivity index (χ4v) is 4.91. The van der Waals surface area contributed by atoms with Crippen molar-refractivity contribution in [3.63, 3.8) is 0 Å². The number of aryl methyl sites for hydroxylation is 1. The zero-order valence-corrected chi connectivity index (χ0v) is 15.5. The maximum atomic E-state index is 13.0. The SMILES string of the molecule is Cc1nc(-c2ccccn2)sc1C(=O)N1CCN(C2CCCC2)CC1. The van der Waals surface area contributed by atoms with E-state index < -0.39 is 0 Å². The lowest BCUT2D eigenvalue weighted by Crippen LogP contribution is -2.51. The monoisotopic (exact) mass is 356 g/mol. The lowest BCUT2D eigenvalue weighted by molar-refractivity contribution is 0.0577. The molecule has 0 radical (unpaired) electrons. The number of aromatic nitrogens is 2. The fraction of sp³-hybridized carbons (Fsp3) is 0.526. The Morgan fingerprint density at radius 1 is 1.16 bits per heavy atom. The molecule has 1 saturated carbocycles. The standard InChI is InChI=1S/C19H24N4OS/c1-14-17(25-18(21-14)16-8-4-5-9-20-16)19(24)23-12-10-22(11-13-23)15-6-2-3-7-15/h4-5,8-9,15H,2-3,6-7,10-13H2,1H3. The first-order valence-electron chi connectivity index (χ1n) is 9.14. The first kappa shape index (κ1) is 16.7. The second kappa shape index (κ2) is 7.22. The number of nitrogens with zero attached hydrogens (tertiary/aromatic N) is 4. The summed E-state index contributed by atoms with van der Waals surface area (Å²) in [4.78, 5) is 27.2. The summed E-state index contributed by atoms with van der Waals surface area (Å²) in [5.74, 6) is 0.128. The molecule has 0 aromatic carbocycles. The molecule has 1 saturated heterocycles. The molecule has 25 heavy (non-hydrogen) atoms. The van der Waals surface area contributed by atoms with Crippen molar-refractivity contribution in [2.45, 2.75) is 38.6 Å². The van der Waals surface area contributed by atoms with Crippen molar-refractivity contribution >= 4 is 17.2 Å². The van der Waals surface area contributed by atoms with E-state index in [0.29, 0.717) is 0 Å². The van der Waals surface area contributed by atoms with Crippen LogP contribution in [-0.2, 0) is 0 Å². The number of carbonyl (C=O) groups excluding carboxylic acids is 1. The third-order valence-electron chi connectivity index (χ3n) is 5.32. The second-order valence-electron chi connectivity index (χ2n) is 6.91. The Labute approximate surface area is 152 Å². The number of thiazole rings is 1. The van der Waals surface area contributed by atoms with Crippen LogP contribution in [0.5, 0.6) is 0 Å². The van der Waals surface area contributed by atoms with Crippen LogP contribution in [0.15, 0.2) is 24.4 Å². The van der Waals surface area contributed by atoms with Crippen LogP contribution in [0.4, 0.5) is 0 Å². The first-order chi connectivity index (χ1) is 12.2. The molecule has 3 heterocycles. The molecule has 1 aliphatic carbocycles. The van der Waals surface area contributed by atoms with Gasteiger partial charge in [0.15, 0.2) is 0 Å². The van der Waals surface area contributed by atoms with Gasteiger partial charge in [-0.15, -0.1) is 11.3 Å². The van der Waals surface area contributed by atoms with E-state index >= 15 is 0 Å². The van der Waals surface area contributed by atoms with E-state index in [-0.39, 0.29) is 5.91 Å². The molecule has 4 rings (SSSR count). The predicted molar refractivity (Wildman–Crippen MR) is 99.8 cm³/mol. The minimum atomic E-state index is 0.128. The highest BCUT2D eigenvalue weighted by atomic mass is 32.1. The first-order valence-corrected chi connectivity index (χ1v) is 9.96. The second-order valence-corrected chi connectivity index (χ2v) is 7.91. The summed E-state index contributed by atoms with van der Waals surface area (Å²) in [6.45, 7) is 5.57. The van der Waals surface area contributed by atoms with Crippen molar-refractivity contribution in [2.24, 2.45) is 0 Å². The van der Waals surface area contributed by atoms with Gasteiger partial charge in [-0.25, -0.2) is 4.98 Å². The number of rotatable bonds is 3. The minimum absolute atomic E-state index is 0.128. The summed E-state index contributed by atoms with van der Waals surface area (Å²) in [6, 6.07) is 6.52. The van der Waals surface area contributed by atoms with Crippen molar-refractivity contribution in [1.82, 2.24) is 19.8 Å². The van der Waals surface area contributed by atoms with Gasteiger partial charge in [0.25, 0.3) is 5.91 Å². The maximum absolute atomic E-state index is 13.0. The van der Waals surface area contributed by atoms with E-state index in [0.717, 1.165) is 53.5 Å². The molecular formula is C19H24N4OS. The van der Waals surface area contributed by atoms with Gasteiger partial charge in [-0.05, 0) is 31.9 Å². The number of hydrogen-bond acceptors (Lipinski definition) is 5. The molecule has 6 heteroatoms. The summed E-state index contributed by atoms with van der Waals surface area (Å²) in [5.41, 5.74) is 1.65. The van der Waals surface area contributed by atoms with E-state index in [9.17, 15) is 4.79 Å². The van der Waals surface area contributed by atoms with Crippen LogP contribution < -0.4 is 0 Å². The van der Waals surface area contributed by atoms with E-state index in [1.807, 2.05) is 30.0 Å². The van der Waals surface area contributed by atoms with Gasteiger partial charge in [-0.1, -0.05) is 18.9 Å². The molecule has 1 amide bonds. The summed E-state index contributed by atoms with van der Waals surface area (Å²) in [7, 11) is 0. The molecule has 0 spiro atoms. The van der Waals surface area contributed by atoms with Gasteiger partial charge in [0.1, 0.15) is 9.88 Å². The van der Waals surface area contributed by atoms with E-state index in [2.05, 4.69) is 14.9 Å². The van der Waals surface area contributed by atoms with E-state index in [4.69, 9.17) is 0 Å². The summed E-state index contributed by atoms with van der Waals surface area (Å²) in [5, 5.41) is 0.825. The van der Waals surface area contributed by atoms with Crippen LogP contribution in [0, 0.1) is 6.92 Å². The molecule has 0 atom stereocenters. The highest BCUT2D eigenvalue weighted by Crippen LogP contribution is 2.28. The number of pyridine rings is 1. The molecule has 132 valence electrons. The topological polar surface area (TPSA) is 49.3 Å². The lowest BCUT2D eigenvalue weighted by Gasteiger charge is -2.37. The van der Waals surface area contributed by atoms with Gasteiger partial charge < -0.3 is 4.90 Å². The zero-order chi connectivity index (χ0) is 17.2. The average molecular weight is 356 g/mol. The van der Waals surface area contributed by atoms with Crippen molar-refractivity contribution < 1.29 is 4.79 Å². The number of piperazine rings is 1. The van der Waals surface area contributed by atoms with Gasteiger partial charge in [0.05, 0.1) is 11.4 Å². The third kappa shape index (κ3) is 3.46. The molecule has 0 N–H and O–H groups in total. The Morgan fingerprint density at radius 3 is 2.60 bits per heavy atom. The van der Waals surface area contributed by atoms with Crippen LogP contribution in [0.2, 0.25) is 0 Å². The van der Waals surface area contributed by atoms with Crippen molar-refractivity contribution in [1.29, 1.82) is 0 Å². The minimum Gasteiger partial charge on any atom is -0.335 e. The summed E-state index contributed by atoms with van der Waals surface area (Å²) in [6.07, 6.45) is 7.14. The number of amides is 1. The van der Waals surface area contributed by atoms with Gasteiger partial charge in [0, 0.05) is 38.4 Å². The van der Waals surface area contributed by atoms with Crippen molar-refractivity contribution in [3.05, 3.63) is 35.0 Å². The molecule has 0 bridgehead atoms. The molecule has 2 aliphatic rings. The van der Waals surface area contributed by atoms with Gasteiger partial charge >= 0.3 is 0 Å². The smallest absolute Gasteiger partial charge is 0.265 e. The van der Waals surface area contributed by atoms with Crippen LogP contribution in [0.1, 0.15) is 41.0 Å². The van der Waals surface area contributed by atoms with E-state index in [1.54, 1.807) is 6.20 Å². The van der Waals surface area contributed by atoms with Crippen LogP contribution in [0.25, 0.3) is 10.7 Å². The number of hydrogen-bond donors (Lipinski definition) is 0. The van der Waals surface area contributed by atoms with Crippen LogP contribution in [0.3, 0.4) is 0 Å². The molecule has 5 nitrogen and oxygen atoms in total. The Balaban J connectivity index is 1.44. The van der Waals surface area contributed by atoms with Gasteiger partial charge in [-0.2, -0.15) is 0 Å². The molecular weight excluding hydrogens is 332 g/mol. The lowest BCUT2D eigenvalue weighted by atomic mass is 10.1. The average Bonchev–Trinajstić information content (AvgIpc) is 3.32. The quantitative estimate of drug-likeness (QED) is 0.847. The fourth-order valence-electron chi connectivity index (χ4n) is 3.90. The number of carbonyl (C=O) groups is 1. The third-order valence-corrected chi connectivity index (χ3v) is 6.49. The Kier molecular flexibility index (Phi) is 4.81. The van der Waals surface area contributed by atoms with Crippen molar-refractivity contribution in [2.75, 3.05) is 26.2 Å². The largest absolute Gasteiger partial charge is 0.335 e. The molecule has 2 aromatic heterocycles. The van der Waals surface area contributed by atoms with Crippen molar-refractivity contribution in [3.8, 4) is 10.7 Å². The highest BCUT2D eigenvalue weighted by Gasteiger charge is 2.29. The van der Waals surface area contributed by atoms with Gasteiger partial charge in [0.2, 0.25) is 0 Å². The highest BCUT2D eigenvalue weighted by molar-refractivity contribution is 7.17. The Hall–Kier alpha value is -1.79.